The van der Waals surface area contributed by atoms with Crippen molar-refractivity contribution in [3.8, 4) is 0 Å². The Balaban J connectivity index is 3.09. The molecule has 0 unspecified atom stereocenters. The zero-order valence-corrected chi connectivity index (χ0v) is 9.42. The van der Waals surface area contributed by atoms with Crippen molar-refractivity contribution in [3.63, 3.8) is 0 Å². The van der Waals surface area contributed by atoms with Crippen LogP contribution >= 0.6 is 0 Å². The third kappa shape index (κ3) is 2.38. The average molecular weight is 228 g/mol. The molecule has 0 aliphatic rings. The highest BCUT2D eigenvalue weighted by molar-refractivity contribution is 5.80. The lowest BCUT2D eigenvalue weighted by Crippen LogP contribution is -2.28. The molecule has 1 aromatic rings. The number of hydrogen-bond donors (Lipinski definition) is 1. The Morgan fingerprint density at radius 2 is 1.44 bits per heavy atom. The Kier molecular flexibility index (Phi) is 3.03. The van der Waals surface area contributed by atoms with E-state index < -0.39 is 17.3 Å². The van der Waals surface area contributed by atoms with Gasteiger partial charge in [0.1, 0.15) is 0 Å². The molecule has 0 spiro atoms. The molecule has 4 heteroatoms. The van der Waals surface area contributed by atoms with Gasteiger partial charge in [0.05, 0.1) is 5.41 Å². The lowest BCUT2D eigenvalue weighted by atomic mass is 9.84. The van der Waals surface area contributed by atoms with E-state index in [1.807, 2.05) is 0 Å². The maximum absolute atomic E-state index is 12.9. The highest BCUT2D eigenvalue weighted by Gasteiger charge is 2.30. The molecule has 16 heavy (non-hydrogen) atoms. The summed E-state index contributed by atoms with van der Waals surface area (Å²) >= 11 is 0. The lowest BCUT2D eigenvalue weighted by Gasteiger charge is -2.20. The van der Waals surface area contributed by atoms with Gasteiger partial charge in [0.15, 0.2) is 0 Å². The quantitative estimate of drug-likeness (QED) is 0.862. The van der Waals surface area contributed by atoms with Crippen molar-refractivity contribution in [2.24, 2.45) is 0 Å². The Bertz CT molecular complexity index is 388. The molecule has 0 atom stereocenters. The summed E-state index contributed by atoms with van der Waals surface area (Å²) in [6, 6.07) is 5.39. The minimum absolute atomic E-state index is 0.113. The summed E-state index contributed by atoms with van der Waals surface area (Å²) in [7, 11) is 0. The molecular formula is C12H14F2O2. The van der Waals surface area contributed by atoms with Crippen molar-refractivity contribution in [1.82, 2.24) is 0 Å². The number of carboxylic acids is 1. The first-order chi connectivity index (χ1) is 7.15. The van der Waals surface area contributed by atoms with E-state index in [0.717, 1.165) is 6.92 Å². The first kappa shape index (κ1) is 12.6. The molecule has 0 bridgehead atoms. The SMILES string of the molecule is CC(F)(F)c1ccc(C(C)(C)C(=O)O)cc1. The topological polar surface area (TPSA) is 37.3 Å². The van der Waals surface area contributed by atoms with Crippen LogP contribution in [0, 0.1) is 0 Å². The van der Waals surface area contributed by atoms with Crippen LogP contribution in [0.5, 0.6) is 0 Å². The zero-order valence-electron chi connectivity index (χ0n) is 9.42. The Hall–Kier alpha value is -1.45. The maximum atomic E-state index is 12.9. The summed E-state index contributed by atoms with van der Waals surface area (Å²) in [6.07, 6.45) is 0. The van der Waals surface area contributed by atoms with Gasteiger partial charge in [0.25, 0.3) is 5.92 Å². The van der Waals surface area contributed by atoms with Crippen molar-refractivity contribution < 1.29 is 18.7 Å². The van der Waals surface area contributed by atoms with E-state index in [0.29, 0.717) is 5.56 Å². The number of alkyl halides is 2. The van der Waals surface area contributed by atoms with Gasteiger partial charge in [-0.05, 0) is 19.4 Å². The normalized spacial score (nSPS) is 12.6. The van der Waals surface area contributed by atoms with Crippen LogP contribution in [0.1, 0.15) is 31.9 Å². The Labute approximate surface area is 92.9 Å². The maximum Gasteiger partial charge on any atom is 0.313 e. The molecule has 0 fully saturated rings. The lowest BCUT2D eigenvalue weighted by molar-refractivity contribution is -0.142. The van der Waals surface area contributed by atoms with Crippen LogP contribution in [0.4, 0.5) is 8.78 Å². The second-order valence-corrected chi connectivity index (χ2v) is 4.40. The van der Waals surface area contributed by atoms with Gasteiger partial charge in [0, 0.05) is 12.5 Å². The van der Waals surface area contributed by atoms with Crippen LogP contribution in [0.25, 0.3) is 0 Å². The molecule has 0 aliphatic carbocycles. The van der Waals surface area contributed by atoms with Crippen molar-refractivity contribution in [1.29, 1.82) is 0 Å². The molecule has 88 valence electrons. The van der Waals surface area contributed by atoms with E-state index in [-0.39, 0.29) is 5.56 Å². The van der Waals surface area contributed by atoms with E-state index in [1.54, 1.807) is 0 Å². The molecular weight excluding hydrogens is 214 g/mol. The fourth-order valence-corrected chi connectivity index (χ4v) is 1.30. The molecule has 0 radical (unpaired) electrons. The third-order valence-electron chi connectivity index (χ3n) is 2.65. The van der Waals surface area contributed by atoms with Gasteiger partial charge in [-0.3, -0.25) is 4.79 Å². The summed E-state index contributed by atoms with van der Waals surface area (Å²) in [4.78, 5) is 11.0. The molecule has 1 N–H and O–H groups in total. The summed E-state index contributed by atoms with van der Waals surface area (Å²) < 4.78 is 25.9. The molecule has 0 heterocycles. The number of rotatable bonds is 3. The Morgan fingerprint density at radius 3 is 1.75 bits per heavy atom. The first-order valence-corrected chi connectivity index (χ1v) is 4.88. The van der Waals surface area contributed by atoms with Gasteiger partial charge in [-0.1, -0.05) is 24.3 Å². The van der Waals surface area contributed by atoms with Gasteiger partial charge in [-0.15, -0.1) is 0 Å². The van der Waals surface area contributed by atoms with Gasteiger partial charge in [-0.25, -0.2) is 8.78 Å². The number of benzene rings is 1. The summed E-state index contributed by atoms with van der Waals surface area (Å²) in [5.74, 6) is -3.88. The highest BCUT2D eigenvalue weighted by Crippen LogP contribution is 2.30. The monoisotopic (exact) mass is 228 g/mol. The average Bonchev–Trinajstić information content (AvgIpc) is 2.16. The number of carboxylic acid groups (broad SMARTS) is 1. The van der Waals surface area contributed by atoms with Crippen molar-refractivity contribution in [3.05, 3.63) is 35.4 Å². The Morgan fingerprint density at radius 1 is 1.06 bits per heavy atom. The van der Waals surface area contributed by atoms with Crippen molar-refractivity contribution in [2.75, 3.05) is 0 Å². The predicted octanol–water partition coefficient (Wildman–Crippen LogP) is 3.16. The first-order valence-electron chi connectivity index (χ1n) is 4.88. The second kappa shape index (κ2) is 3.85. The van der Waals surface area contributed by atoms with E-state index >= 15 is 0 Å². The van der Waals surface area contributed by atoms with Crippen molar-refractivity contribution >= 4 is 5.97 Å². The summed E-state index contributed by atoms with van der Waals surface area (Å²) in [5, 5.41) is 8.98. The zero-order chi connectivity index (χ0) is 12.6. The van der Waals surface area contributed by atoms with Crippen LogP contribution in [0.2, 0.25) is 0 Å². The molecule has 0 aliphatic heterocycles. The van der Waals surface area contributed by atoms with Crippen LogP contribution in [-0.2, 0) is 16.1 Å². The largest absolute Gasteiger partial charge is 0.481 e. The van der Waals surface area contributed by atoms with Crippen LogP contribution in [0.15, 0.2) is 24.3 Å². The van der Waals surface area contributed by atoms with E-state index in [1.165, 1.54) is 38.1 Å². The molecule has 0 aromatic heterocycles. The van der Waals surface area contributed by atoms with Crippen LogP contribution in [0.3, 0.4) is 0 Å². The summed E-state index contributed by atoms with van der Waals surface area (Å²) in [6.45, 7) is 3.88. The fraction of sp³-hybridized carbons (Fsp3) is 0.417. The van der Waals surface area contributed by atoms with Gasteiger partial charge >= 0.3 is 5.97 Å². The molecule has 2 nitrogen and oxygen atoms in total. The predicted molar refractivity (Wildman–Crippen MR) is 56.7 cm³/mol. The fourth-order valence-electron chi connectivity index (χ4n) is 1.30. The highest BCUT2D eigenvalue weighted by atomic mass is 19.3. The molecule has 0 amide bonds. The number of carbonyl (C=O) groups is 1. The van der Waals surface area contributed by atoms with E-state index in [2.05, 4.69) is 0 Å². The molecule has 0 saturated heterocycles. The van der Waals surface area contributed by atoms with Gasteiger partial charge < -0.3 is 5.11 Å². The standard InChI is InChI=1S/C12H14F2O2/c1-11(2,10(15)16)8-4-6-9(7-5-8)12(3,13)14/h4-7H,1-3H3,(H,15,16). The van der Waals surface area contributed by atoms with E-state index in [9.17, 15) is 13.6 Å². The third-order valence-corrected chi connectivity index (χ3v) is 2.65. The smallest absolute Gasteiger partial charge is 0.313 e. The van der Waals surface area contributed by atoms with Gasteiger partial charge in [-0.2, -0.15) is 0 Å². The molecule has 1 aromatic carbocycles. The van der Waals surface area contributed by atoms with E-state index in [4.69, 9.17) is 5.11 Å². The van der Waals surface area contributed by atoms with Gasteiger partial charge in [0.2, 0.25) is 0 Å². The molecule has 0 saturated carbocycles. The number of aliphatic carboxylic acids is 1. The minimum atomic E-state index is -2.90. The second-order valence-electron chi connectivity index (χ2n) is 4.40. The number of hydrogen-bond acceptors (Lipinski definition) is 1. The minimum Gasteiger partial charge on any atom is -0.481 e. The van der Waals surface area contributed by atoms with Crippen molar-refractivity contribution in [2.45, 2.75) is 32.1 Å². The molecule has 1 rings (SSSR count). The van der Waals surface area contributed by atoms with Crippen LogP contribution in [-0.4, -0.2) is 11.1 Å². The number of halogens is 2. The summed E-state index contributed by atoms with van der Waals surface area (Å²) in [5.41, 5.74) is -0.674. The van der Waals surface area contributed by atoms with Crippen LogP contribution < -0.4 is 0 Å².